The molecule has 0 spiro atoms. The predicted molar refractivity (Wildman–Crippen MR) is 56.3 cm³/mol. The van der Waals surface area contributed by atoms with Crippen LogP contribution in [0.3, 0.4) is 0 Å². The lowest BCUT2D eigenvalue weighted by Gasteiger charge is -2.37. The molecule has 13 heavy (non-hydrogen) atoms. The van der Waals surface area contributed by atoms with Crippen LogP contribution in [0.2, 0.25) is 0 Å². The molecule has 0 saturated heterocycles. The lowest BCUT2D eigenvalue weighted by Crippen LogP contribution is -2.54. The van der Waals surface area contributed by atoms with Gasteiger partial charge in [0, 0.05) is 7.11 Å². The van der Waals surface area contributed by atoms with Crippen LogP contribution in [-0.4, -0.2) is 18.8 Å². The Hall–Kier alpha value is -0.120. The highest BCUT2D eigenvalue weighted by molar-refractivity contribution is 4.88. The van der Waals surface area contributed by atoms with Gasteiger partial charge in [0.1, 0.15) is 0 Å². The first-order valence-corrected chi connectivity index (χ1v) is 5.04. The van der Waals surface area contributed by atoms with E-state index >= 15 is 0 Å². The van der Waals surface area contributed by atoms with E-state index in [1.807, 2.05) is 0 Å². The predicted octanol–water partition coefficient (Wildman–Crippen LogP) is 1.68. The van der Waals surface area contributed by atoms with Crippen LogP contribution in [0.5, 0.6) is 0 Å². The number of nitrogens with one attached hydrogen (secondary N) is 1. The molecular weight excluding hydrogens is 164 g/mol. The van der Waals surface area contributed by atoms with Crippen LogP contribution in [0.1, 0.15) is 40.5 Å². The summed E-state index contributed by atoms with van der Waals surface area (Å²) in [6, 6.07) is 0.215. The van der Waals surface area contributed by atoms with Crippen LogP contribution in [0.25, 0.3) is 0 Å². The Morgan fingerprint density at radius 2 is 1.77 bits per heavy atom. The molecule has 3 nitrogen and oxygen atoms in total. The molecule has 0 aliphatic heterocycles. The summed E-state index contributed by atoms with van der Waals surface area (Å²) in [4.78, 5) is 0. The maximum Gasteiger partial charge on any atom is 0.0791 e. The van der Waals surface area contributed by atoms with Gasteiger partial charge in [0.2, 0.25) is 0 Å². The van der Waals surface area contributed by atoms with Crippen LogP contribution in [0.4, 0.5) is 0 Å². The SMILES string of the molecule is CCC(CC)C(NN)C(C)(C)OC. The monoisotopic (exact) mass is 188 g/mol. The molecule has 0 aromatic rings. The van der Waals surface area contributed by atoms with Crippen LogP contribution in [0, 0.1) is 5.92 Å². The zero-order valence-corrected chi connectivity index (χ0v) is 9.55. The van der Waals surface area contributed by atoms with Gasteiger partial charge < -0.3 is 4.74 Å². The van der Waals surface area contributed by atoms with Gasteiger partial charge in [0.05, 0.1) is 11.6 Å². The highest BCUT2D eigenvalue weighted by atomic mass is 16.5. The van der Waals surface area contributed by atoms with Crippen molar-refractivity contribution in [2.45, 2.75) is 52.2 Å². The van der Waals surface area contributed by atoms with Gasteiger partial charge >= 0.3 is 0 Å². The summed E-state index contributed by atoms with van der Waals surface area (Å²) in [6.45, 7) is 8.50. The Labute approximate surface area is 82.0 Å². The van der Waals surface area contributed by atoms with Gasteiger partial charge in [-0.25, -0.2) is 0 Å². The third kappa shape index (κ3) is 3.25. The number of ether oxygens (including phenoxy) is 1. The van der Waals surface area contributed by atoms with E-state index in [1.54, 1.807) is 7.11 Å². The number of hydrogen-bond donors (Lipinski definition) is 2. The number of rotatable bonds is 6. The van der Waals surface area contributed by atoms with Crippen LogP contribution >= 0.6 is 0 Å². The highest BCUT2D eigenvalue weighted by Gasteiger charge is 2.33. The fraction of sp³-hybridized carbons (Fsp3) is 1.00. The molecule has 0 fully saturated rings. The number of hydrogen-bond acceptors (Lipinski definition) is 3. The lowest BCUT2D eigenvalue weighted by atomic mass is 9.84. The summed E-state index contributed by atoms with van der Waals surface area (Å²) in [5.41, 5.74) is 2.67. The molecule has 0 heterocycles. The van der Waals surface area contributed by atoms with Crippen molar-refractivity contribution in [2.24, 2.45) is 11.8 Å². The normalized spacial score (nSPS) is 15.0. The summed E-state index contributed by atoms with van der Waals surface area (Å²) in [5.74, 6) is 6.13. The number of hydrazine groups is 1. The van der Waals surface area contributed by atoms with Crippen molar-refractivity contribution >= 4 is 0 Å². The Balaban J connectivity index is 4.46. The van der Waals surface area contributed by atoms with Gasteiger partial charge in [-0.05, 0) is 19.8 Å². The zero-order chi connectivity index (χ0) is 10.5. The molecule has 0 aromatic heterocycles. The molecule has 0 bridgehead atoms. The summed E-state index contributed by atoms with van der Waals surface area (Å²) in [6.07, 6.45) is 2.25. The van der Waals surface area contributed by atoms with E-state index in [0.717, 1.165) is 12.8 Å². The summed E-state index contributed by atoms with van der Waals surface area (Å²) in [7, 11) is 1.73. The molecule has 1 unspecified atom stereocenters. The summed E-state index contributed by atoms with van der Waals surface area (Å²) in [5, 5.41) is 0. The van der Waals surface area contributed by atoms with Crippen LogP contribution in [0.15, 0.2) is 0 Å². The topological polar surface area (TPSA) is 47.3 Å². The molecule has 80 valence electrons. The van der Waals surface area contributed by atoms with E-state index in [-0.39, 0.29) is 11.6 Å². The first-order valence-electron chi connectivity index (χ1n) is 5.04. The van der Waals surface area contributed by atoms with Crippen molar-refractivity contribution in [3.8, 4) is 0 Å². The van der Waals surface area contributed by atoms with Gasteiger partial charge in [-0.2, -0.15) is 0 Å². The standard InChI is InChI=1S/C10H24N2O/c1-6-8(7-2)9(12-11)10(3,4)13-5/h8-9,12H,6-7,11H2,1-5H3. The van der Waals surface area contributed by atoms with Gasteiger partial charge in [-0.3, -0.25) is 11.3 Å². The van der Waals surface area contributed by atoms with E-state index in [9.17, 15) is 0 Å². The van der Waals surface area contributed by atoms with Gasteiger partial charge in [-0.15, -0.1) is 0 Å². The minimum Gasteiger partial charge on any atom is -0.377 e. The number of nitrogens with two attached hydrogens (primary N) is 1. The molecule has 0 aliphatic carbocycles. The summed E-state index contributed by atoms with van der Waals surface area (Å²) >= 11 is 0. The zero-order valence-electron chi connectivity index (χ0n) is 9.55. The first kappa shape index (κ1) is 12.9. The fourth-order valence-corrected chi connectivity index (χ4v) is 1.79. The minimum atomic E-state index is -0.203. The second kappa shape index (κ2) is 5.58. The van der Waals surface area contributed by atoms with Crippen molar-refractivity contribution in [2.75, 3.05) is 7.11 Å². The molecule has 0 amide bonds. The van der Waals surface area contributed by atoms with E-state index in [2.05, 4.69) is 33.1 Å². The van der Waals surface area contributed by atoms with Gasteiger partial charge in [0.15, 0.2) is 0 Å². The third-order valence-corrected chi connectivity index (χ3v) is 2.97. The maximum atomic E-state index is 5.56. The van der Waals surface area contributed by atoms with E-state index < -0.39 is 0 Å². The first-order chi connectivity index (χ1) is 6.03. The second-order valence-corrected chi connectivity index (χ2v) is 4.03. The molecule has 0 radical (unpaired) electrons. The molecule has 0 aliphatic rings. The Morgan fingerprint density at radius 1 is 1.31 bits per heavy atom. The van der Waals surface area contributed by atoms with Crippen molar-refractivity contribution in [1.82, 2.24) is 5.43 Å². The smallest absolute Gasteiger partial charge is 0.0791 e. The molecule has 3 N–H and O–H groups in total. The minimum absolute atomic E-state index is 0.203. The molecule has 0 rings (SSSR count). The Bertz CT molecular complexity index is 133. The molecule has 0 aromatic carbocycles. The third-order valence-electron chi connectivity index (χ3n) is 2.97. The van der Waals surface area contributed by atoms with Crippen LogP contribution in [-0.2, 0) is 4.74 Å². The molecule has 1 atom stereocenters. The van der Waals surface area contributed by atoms with Crippen molar-refractivity contribution in [1.29, 1.82) is 0 Å². The average molecular weight is 188 g/mol. The summed E-state index contributed by atoms with van der Waals surface area (Å²) < 4.78 is 5.43. The van der Waals surface area contributed by atoms with Gasteiger partial charge in [0.25, 0.3) is 0 Å². The highest BCUT2D eigenvalue weighted by Crippen LogP contribution is 2.24. The Kier molecular flexibility index (Phi) is 5.53. The van der Waals surface area contributed by atoms with Crippen molar-refractivity contribution < 1.29 is 4.74 Å². The quantitative estimate of drug-likeness (QED) is 0.492. The van der Waals surface area contributed by atoms with Gasteiger partial charge in [-0.1, -0.05) is 26.7 Å². The number of methoxy groups -OCH3 is 1. The van der Waals surface area contributed by atoms with Crippen LogP contribution < -0.4 is 11.3 Å². The largest absolute Gasteiger partial charge is 0.377 e. The molecular formula is C10H24N2O. The lowest BCUT2D eigenvalue weighted by molar-refractivity contribution is -0.0291. The van der Waals surface area contributed by atoms with E-state index in [4.69, 9.17) is 10.6 Å². The van der Waals surface area contributed by atoms with Crippen molar-refractivity contribution in [3.05, 3.63) is 0 Å². The molecule has 0 saturated carbocycles. The van der Waals surface area contributed by atoms with E-state index in [0.29, 0.717) is 5.92 Å². The van der Waals surface area contributed by atoms with E-state index in [1.165, 1.54) is 0 Å². The Morgan fingerprint density at radius 3 is 2.00 bits per heavy atom. The average Bonchev–Trinajstić information content (AvgIpc) is 2.13. The fourth-order valence-electron chi connectivity index (χ4n) is 1.79. The second-order valence-electron chi connectivity index (χ2n) is 4.03. The molecule has 3 heteroatoms. The maximum absolute atomic E-state index is 5.56. The van der Waals surface area contributed by atoms with Crippen molar-refractivity contribution in [3.63, 3.8) is 0 Å².